The number of ether oxygens (including phenoxy) is 2. The minimum atomic E-state index is -0.585. The molecule has 0 spiro atoms. The van der Waals surface area contributed by atoms with E-state index in [-0.39, 0.29) is 24.0 Å². The molecule has 0 saturated heterocycles. The average molecular weight is 389 g/mol. The summed E-state index contributed by atoms with van der Waals surface area (Å²) < 4.78 is 10.7. The van der Waals surface area contributed by atoms with Crippen LogP contribution in [0.2, 0.25) is 0 Å². The second-order valence-corrected chi connectivity index (χ2v) is 6.37. The molecule has 2 rings (SSSR count). The van der Waals surface area contributed by atoms with E-state index in [2.05, 4.69) is 17.9 Å². The summed E-state index contributed by atoms with van der Waals surface area (Å²) in [6.45, 7) is 2.11. The molecule has 7 heteroatoms. The normalized spacial score (nSPS) is 12.7. The number of hydrogen-bond acceptors (Lipinski definition) is 6. The minimum Gasteiger partial charge on any atom is -0.508 e. The first-order chi connectivity index (χ1) is 13.0. The molecule has 0 saturated carbocycles. The van der Waals surface area contributed by atoms with Crippen molar-refractivity contribution < 1.29 is 24.2 Å². The van der Waals surface area contributed by atoms with Crippen molar-refractivity contribution in [2.45, 2.75) is 19.4 Å². The summed E-state index contributed by atoms with van der Waals surface area (Å²) in [4.78, 5) is 23.5. The number of anilines is 1. The Morgan fingerprint density at radius 3 is 2.41 bits per heavy atom. The predicted molar refractivity (Wildman–Crippen MR) is 106 cm³/mol. The summed E-state index contributed by atoms with van der Waals surface area (Å²) in [6, 6.07) is 15.5. The van der Waals surface area contributed by atoms with Gasteiger partial charge in [-0.15, -0.1) is 0 Å². The zero-order valence-corrected chi connectivity index (χ0v) is 15.9. The highest BCUT2D eigenvalue weighted by molar-refractivity contribution is 7.81. The predicted octanol–water partition coefficient (Wildman–Crippen LogP) is 4.18. The van der Waals surface area contributed by atoms with E-state index in [0.717, 1.165) is 5.56 Å². The van der Waals surface area contributed by atoms with Gasteiger partial charge in [-0.2, -0.15) is 12.6 Å². The van der Waals surface area contributed by atoms with Crippen molar-refractivity contribution in [1.82, 2.24) is 0 Å². The van der Waals surface area contributed by atoms with Gasteiger partial charge in [-0.25, -0.2) is 4.79 Å². The van der Waals surface area contributed by atoms with Gasteiger partial charge in [-0.3, -0.25) is 10.1 Å². The molecule has 6 nitrogen and oxygen atoms in total. The van der Waals surface area contributed by atoms with Crippen LogP contribution in [-0.4, -0.2) is 29.5 Å². The summed E-state index contributed by atoms with van der Waals surface area (Å²) in [5.41, 5.74) is 1.37. The van der Waals surface area contributed by atoms with Crippen molar-refractivity contribution in [2.75, 3.05) is 17.7 Å². The van der Waals surface area contributed by atoms with Crippen LogP contribution >= 0.6 is 12.6 Å². The third-order valence-corrected chi connectivity index (χ3v) is 4.22. The number of rotatable bonds is 8. The monoisotopic (exact) mass is 389 g/mol. The summed E-state index contributed by atoms with van der Waals surface area (Å²) in [7, 11) is 0. The first kappa shape index (κ1) is 20.6. The van der Waals surface area contributed by atoms with Crippen LogP contribution in [0.25, 0.3) is 0 Å². The first-order valence-electron chi connectivity index (χ1n) is 8.57. The number of benzene rings is 2. The Kier molecular flexibility index (Phi) is 8.00. The Morgan fingerprint density at radius 1 is 1.11 bits per heavy atom. The summed E-state index contributed by atoms with van der Waals surface area (Å²) >= 11 is 3.86. The van der Waals surface area contributed by atoms with E-state index in [4.69, 9.17) is 9.47 Å². The van der Waals surface area contributed by atoms with Gasteiger partial charge < -0.3 is 14.6 Å². The molecule has 0 unspecified atom stereocenters. The molecule has 144 valence electrons. The first-order valence-corrected chi connectivity index (χ1v) is 9.21. The fourth-order valence-electron chi connectivity index (χ4n) is 2.52. The number of aromatic hydroxyl groups is 1. The number of nitrogens with one attached hydrogen (secondary N) is 1. The van der Waals surface area contributed by atoms with E-state index in [1.807, 2.05) is 25.1 Å². The Labute approximate surface area is 163 Å². The van der Waals surface area contributed by atoms with Crippen LogP contribution in [0.5, 0.6) is 5.75 Å². The lowest BCUT2D eigenvalue weighted by Crippen LogP contribution is -2.23. The quantitative estimate of drug-likeness (QED) is 0.466. The highest BCUT2D eigenvalue weighted by Crippen LogP contribution is 2.30. The van der Waals surface area contributed by atoms with Gasteiger partial charge in [0.1, 0.15) is 11.9 Å². The molecule has 0 aromatic heterocycles. The maximum absolute atomic E-state index is 12.3. The fourth-order valence-corrected chi connectivity index (χ4v) is 2.61. The van der Waals surface area contributed by atoms with Crippen LogP contribution in [0.3, 0.4) is 0 Å². The molecule has 2 atom stereocenters. The highest BCUT2D eigenvalue weighted by Gasteiger charge is 2.24. The van der Waals surface area contributed by atoms with E-state index in [1.54, 1.807) is 24.3 Å². The van der Waals surface area contributed by atoms with Crippen molar-refractivity contribution in [2.24, 2.45) is 5.92 Å². The molecular formula is C20H23NO5S. The Balaban J connectivity index is 2.05. The lowest BCUT2D eigenvalue weighted by molar-refractivity contribution is -0.141. The zero-order valence-electron chi connectivity index (χ0n) is 15.0. The number of amides is 1. The molecule has 2 aromatic rings. The summed E-state index contributed by atoms with van der Waals surface area (Å²) in [5, 5.41) is 12.2. The molecule has 0 fully saturated rings. The van der Waals surface area contributed by atoms with Crippen molar-refractivity contribution in [3.05, 3.63) is 60.2 Å². The van der Waals surface area contributed by atoms with Crippen molar-refractivity contribution in [1.29, 1.82) is 0 Å². The number of carbonyl (C=O) groups is 2. The molecule has 2 aromatic carbocycles. The largest absolute Gasteiger partial charge is 0.508 e. The van der Waals surface area contributed by atoms with E-state index in [1.165, 1.54) is 12.1 Å². The lowest BCUT2D eigenvalue weighted by Gasteiger charge is -2.25. The van der Waals surface area contributed by atoms with Crippen molar-refractivity contribution in [3.8, 4) is 5.75 Å². The van der Waals surface area contributed by atoms with Gasteiger partial charge in [0.2, 0.25) is 0 Å². The highest BCUT2D eigenvalue weighted by atomic mass is 32.1. The third-order valence-electron chi connectivity index (χ3n) is 3.96. The number of esters is 1. The summed E-state index contributed by atoms with van der Waals surface area (Å²) in [6.07, 6.45) is -0.647. The number of thiol groups is 1. The fraction of sp³-hybridized carbons (Fsp3) is 0.300. The second kappa shape index (κ2) is 10.5. The topological polar surface area (TPSA) is 84.9 Å². The van der Waals surface area contributed by atoms with E-state index in [0.29, 0.717) is 12.1 Å². The van der Waals surface area contributed by atoms with Gasteiger partial charge in [-0.05, 0) is 36.2 Å². The van der Waals surface area contributed by atoms with Crippen LogP contribution in [0.1, 0.15) is 25.0 Å². The average Bonchev–Trinajstić information content (AvgIpc) is 2.67. The van der Waals surface area contributed by atoms with Crippen LogP contribution < -0.4 is 5.32 Å². The number of hydrogen-bond donors (Lipinski definition) is 3. The molecule has 1 amide bonds. The van der Waals surface area contributed by atoms with Gasteiger partial charge in [0.25, 0.3) is 0 Å². The molecule has 0 heterocycles. The standard InChI is InChI=1S/C20H23NO5S/c1-14(11-12-25-18(23)13-27)19(15-7-9-17(22)10-8-15)26-20(24)21-16-5-3-2-4-6-16/h2-10,14,19,22,27H,11-13H2,1H3,(H,21,24)/t14-,19+/m1/s1. The van der Waals surface area contributed by atoms with E-state index in [9.17, 15) is 14.7 Å². The third kappa shape index (κ3) is 6.86. The van der Waals surface area contributed by atoms with E-state index < -0.39 is 18.2 Å². The molecule has 0 aliphatic carbocycles. The van der Waals surface area contributed by atoms with Gasteiger partial charge in [0, 0.05) is 11.6 Å². The maximum Gasteiger partial charge on any atom is 0.412 e. The SMILES string of the molecule is C[C@H](CCOC(=O)CS)[C@H](OC(=O)Nc1ccccc1)c1ccc(O)cc1. The molecule has 0 radical (unpaired) electrons. The van der Waals surface area contributed by atoms with Gasteiger partial charge >= 0.3 is 12.1 Å². The van der Waals surface area contributed by atoms with E-state index >= 15 is 0 Å². The Hall–Kier alpha value is -2.67. The smallest absolute Gasteiger partial charge is 0.412 e. The van der Waals surface area contributed by atoms with Crippen LogP contribution in [0, 0.1) is 5.92 Å². The molecular weight excluding hydrogens is 366 g/mol. The Morgan fingerprint density at radius 2 is 1.78 bits per heavy atom. The van der Waals surface area contributed by atoms with Gasteiger partial charge in [0.15, 0.2) is 0 Å². The van der Waals surface area contributed by atoms with Crippen molar-refractivity contribution in [3.63, 3.8) is 0 Å². The summed E-state index contributed by atoms with van der Waals surface area (Å²) in [5.74, 6) is -0.369. The number of phenols is 1. The second-order valence-electron chi connectivity index (χ2n) is 6.05. The zero-order chi connectivity index (χ0) is 19.6. The lowest BCUT2D eigenvalue weighted by atomic mass is 9.94. The molecule has 0 aliphatic rings. The minimum absolute atomic E-state index is 0.0196. The number of para-hydroxylation sites is 1. The van der Waals surface area contributed by atoms with Gasteiger partial charge in [0.05, 0.1) is 12.4 Å². The Bertz CT molecular complexity index is 736. The van der Waals surface area contributed by atoms with Gasteiger partial charge in [-0.1, -0.05) is 37.3 Å². The van der Waals surface area contributed by atoms with Crippen LogP contribution in [-0.2, 0) is 14.3 Å². The molecule has 2 N–H and O–H groups in total. The van der Waals surface area contributed by atoms with Crippen molar-refractivity contribution >= 4 is 30.4 Å². The molecule has 0 aliphatic heterocycles. The van der Waals surface area contributed by atoms with Crippen LogP contribution in [0.15, 0.2) is 54.6 Å². The molecule has 27 heavy (non-hydrogen) atoms. The molecule has 0 bridgehead atoms. The van der Waals surface area contributed by atoms with Crippen LogP contribution in [0.4, 0.5) is 10.5 Å². The number of carbonyl (C=O) groups excluding carboxylic acids is 2. The number of phenolic OH excluding ortho intramolecular Hbond substituents is 1. The maximum atomic E-state index is 12.3.